The Morgan fingerprint density at radius 3 is 2.76 bits per heavy atom. The first kappa shape index (κ1) is 17.3. The first-order chi connectivity index (χ1) is 11.8. The monoisotopic (exact) mass is 360 g/mol. The molecule has 0 fully saturated rings. The van der Waals surface area contributed by atoms with E-state index in [-0.39, 0.29) is 11.9 Å². The molecule has 0 spiro atoms. The van der Waals surface area contributed by atoms with Gasteiger partial charge in [-0.2, -0.15) is 0 Å². The Labute approximate surface area is 147 Å². The van der Waals surface area contributed by atoms with Gasteiger partial charge in [0, 0.05) is 17.7 Å². The smallest absolute Gasteiger partial charge is 0.251 e. The molecule has 0 saturated heterocycles. The van der Waals surface area contributed by atoms with Crippen molar-refractivity contribution >= 4 is 21.6 Å². The van der Waals surface area contributed by atoms with Gasteiger partial charge in [0.1, 0.15) is 5.75 Å². The molecule has 0 radical (unpaired) electrons. The van der Waals surface area contributed by atoms with Crippen molar-refractivity contribution in [2.45, 2.75) is 19.4 Å². The number of anilines is 1. The lowest BCUT2D eigenvalue weighted by atomic mass is 10.1. The van der Waals surface area contributed by atoms with Crippen molar-refractivity contribution in [1.29, 1.82) is 0 Å². The first-order valence-electron chi connectivity index (χ1n) is 7.96. The van der Waals surface area contributed by atoms with E-state index in [9.17, 15) is 13.2 Å². The van der Waals surface area contributed by atoms with Crippen LogP contribution in [0.2, 0.25) is 0 Å². The lowest BCUT2D eigenvalue weighted by Gasteiger charge is -2.16. The van der Waals surface area contributed by atoms with E-state index in [1.165, 1.54) is 0 Å². The summed E-state index contributed by atoms with van der Waals surface area (Å²) in [6.45, 7) is 2.50. The fourth-order valence-electron chi connectivity index (χ4n) is 2.78. The molecule has 1 atom stereocenters. The SMILES string of the molecule is CC(NC(=O)c1ccc2c(c1)CCO2)c1cccc(NS(C)(=O)=O)c1. The van der Waals surface area contributed by atoms with Crippen LogP contribution >= 0.6 is 0 Å². The summed E-state index contributed by atoms with van der Waals surface area (Å²) in [6, 6.07) is 12.1. The molecule has 25 heavy (non-hydrogen) atoms. The van der Waals surface area contributed by atoms with E-state index in [2.05, 4.69) is 10.0 Å². The standard InChI is InChI=1S/C18H20N2O4S/c1-12(13-4-3-5-16(11-13)20-25(2,22)23)19-18(21)15-6-7-17-14(10-15)8-9-24-17/h3-7,10-12,20H,8-9H2,1-2H3,(H,19,21). The van der Waals surface area contributed by atoms with Crippen LogP contribution < -0.4 is 14.8 Å². The summed E-state index contributed by atoms with van der Waals surface area (Å²) in [7, 11) is -3.34. The maximum Gasteiger partial charge on any atom is 0.251 e. The van der Waals surface area contributed by atoms with Gasteiger partial charge >= 0.3 is 0 Å². The average Bonchev–Trinajstić information content (AvgIpc) is 3.01. The third-order valence-corrected chi connectivity index (χ3v) is 4.60. The highest BCUT2D eigenvalue weighted by molar-refractivity contribution is 7.92. The molecule has 1 heterocycles. The highest BCUT2D eigenvalue weighted by Crippen LogP contribution is 2.26. The summed E-state index contributed by atoms with van der Waals surface area (Å²) in [4.78, 5) is 12.5. The molecule has 2 aromatic rings. The number of sulfonamides is 1. The van der Waals surface area contributed by atoms with Crippen LogP contribution in [0.4, 0.5) is 5.69 Å². The third-order valence-electron chi connectivity index (χ3n) is 3.99. The van der Waals surface area contributed by atoms with Crippen molar-refractivity contribution in [2.75, 3.05) is 17.6 Å². The van der Waals surface area contributed by atoms with E-state index < -0.39 is 10.0 Å². The minimum absolute atomic E-state index is 0.177. The second-order valence-electron chi connectivity index (χ2n) is 6.12. The molecule has 1 aliphatic rings. The van der Waals surface area contributed by atoms with Gasteiger partial charge in [-0.25, -0.2) is 8.42 Å². The molecule has 0 aliphatic carbocycles. The van der Waals surface area contributed by atoms with Crippen LogP contribution in [0.5, 0.6) is 5.75 Å². The number of carbonyl (C=O) groups is 1. The average molecular weight is 360 g/mol. The summed E-state index contributed by atoms with van der Waals surface area (Å²) in [6.07, 6.45) is 1.91. The largest absolute Gasteiger partial charge is 0.493 e. The molecule has 6 nitrogen and oxygen atoms in total. The van der Waals surface area contributed by atoms with Crippen LogP contribution in [0.25, 0.3) is 0 Å². The number of hydrogen-bond donors (Lipinski definition) is 2. The lowest BCUT2D eigenvalue weighted by molar-refractivity contribution is 0.0940. The van der Waals surface area contributed by atoms with Crippen LogP contribution in [0, 0.1) is 0 Å². The number of ether oxygens (including phenoxy) is 1. The van der Waals surface area contributed by atoms with E-state index in [1.807, 2.05) is 25.1 Å². The lowest BCUT2D eigenvalue weighted by Crippen LogP contribution is -2.26. The van der Waals surface area contributed by atoms with Gasteiger partial charge in [-0.15, -0.1) is 0 Å². The van der Waals surface area contributed by atoms with E-state index in [1.54, 1.807) is 24.3 Å². The number of rotatable bonds is 5. The molecule has 1 aliphatic heterocycles. The van der Waals surface area contributed by atoms with E-state index >= 15 is 0 Å². The van der Waals surface area contributed by atoms with Gasteiger partial charge in [0.15, 0.2) is 0 Å². The Morgan fingerprint density at radius 1 is 1.20 bits per heavy atom. The minimum Gasteiger partial charge on any atom is -0.493 e. The highest BCUT2D eigenvalue weighted by Gasteiger charge is 2.17. The van der Waals surface area contributed by atoms with Gasteiger partial charge < -0.3 is 10.1 Å². The molecule has 7 heteroatoms. The van der Waals surface area contributed by atoms with E-state index in [0.717, 1.165) is 29.6 Å². The first-order valence-corrected chi connectivity index (χ1v) is 9.85. The van der Waals surface area contributed by atoms with Crippen molar-refractivity contribution in [3.8, 4) is 5.75 Å². The van der Waals surface area contributed by atoms with Crippen molar-refractivity contribution < 1.29 is 17.9 Å². The van der Waals surface area contributed by atoms with Crippen molar-refractivity contribution in [1.82, 2.24) is 5.32 Å². The maximum absolute atomic E-state index is 12.5. The Hall–Kier alpha value is -2.54. The van der Waals surface area contributed by atoms with Crippen LogP contribution in [0.15, 0.2) is 42.5 Å². The van der Waals surface area contributed by atoms with Crippen molar-refractivity contribution in [2.24, 2.45) is 0 Å². The van der Waals surface area contributed by atoms with Crippen molar-refractivity contribution in [3.63, 3.8) is 0 Å². The summed E-state index contributed by atoms with van der Waals surface area (Å²) < 4.78 is 30.6. The maximum atomic E-state index is 12.5. The van der Waals surface area contributed by atoms with Crippen LogP contribution in [0.1, 0.15) is 34.5 Å². The predicted octanol–water partition coefficient (Wildman–Crippen LogP) is 2.48. The van der Waals surface area contributed by atoms with Gasteiger partial charge in [-0.05, 0) is 48.4 Å². The Balaban J connectivity index is 1.72. The number of nitrogens with one attached hydrogen (secondary N) is 2. The van der Waals surface area contributed by atoms with Crippen LogP contribution in [-0.2, 0) is 16.4 Å². The van der Waals surface area contributed by atoms with Crippen LogP contribution in [0.3, 0.4) is 0 Å². The molecule has 2 N–H and O–H groups in total. The molecule has 1 unspecified atom stereocenters. The van der Waals surface area contributed by atoms with Crippen LogP contribution in [-0.4, -0.2) is 27.2 Å². The molecular weight excluding hydrogens is 340 g/mol. The summed E-state index contributed by atoms with van der Waals surface area (Å²) in [5.74, 6) is 0.660. The molecule has 132 valence electrons. The zero-order chi connectivity index (χ0) is 18.0. The van der Waals surface area contributed by atoms with E-state index in [4.69, 9.17) is 4.74 Å². The number of carbonyl (C=O) groups excluding carboxylic acids is 1. The van der Waals surface area contributed by atoms with Gasteiger partial charge in [0.05, 0.1) is 18.9 Å². The quantitative estimate of drug-likeness (QED) is 0.858. The number of benzene rings is 2. The fraction of sp³-hybridized carbons (Fsp3) is 0.278. The van der Waals surface area contributed by atoms with Gasteiger partial charge in [0.2, 0.25) is 10.0 Å². The second kappa shape index (κ2) is 6.76. The normalized spacial score (nSPS) is 14.3. The van der Waals surface area contributed by atoms with Gasteiger partial charge in [-0.1, -0.05) is 12.1 Å². The molecule has 0 aromatic heterocycles. The second-order valence-corrected chi connectivity index (χ2v) is 7.86. The fourth-order valence-corrected chi connectivity index (χ4v) is 3.33. The Bertz CT molecular complexity index is 909. The predicted molar refractivity (Wildman–Crippen MR) is 96.4 cm³/mol. The number of amides is 1. The summed E-state index contributed by atoms with van der Waals surface area (Å²) in [5, 5.41) is 2.94. The van der Waals surface area contributed by atoms with Gasteiger partial charge in [-0.3, -0.25) is 9.52 Å². The number of hydrogen-bond acceptors (Lipinski definition) is 4. The summed E-state index contributed by atoms with van der Waals surface area (Å²) in [5.41, 5.74) is 2.91. The van der Waals surface area contributed by atoms with Crippen molar-refractivity contribution in [3.05, 3.63) is 59.2 Å². The molecule has 2 aromatic carbocycles. The molecule has 3 rings (SSSR count). The highest BCUT2D eigenvalue weighted by atomic mass is 32.2. The minimum atomic E-state index is -3.34. The third kappa shape index (κ3) is 4.30. The molecular formula is C18H20N2O4S. The Morgan fingerprint density at radius 2 is 2.00 bits per heavy atom. The topological polar surface area (TPSA) is 84.5 Å². The zero-order valence-corrected chi connectivity index (χ0v) is 14.9. The van der Waals surface area contributed by atoms with Gasteiger partial charge in [0.25, 0.3) is 5.91 Å². The Kier molecular flexibility index (Phi) is 4.67. The zero-order valence-electron chi connectivity index (χ0n) is 14.1. The van der Waals surface area contributed by atoms with E-state index in [0.29, 0.717) is 17.9 Å². The molecule has 0 saturated carbocycles. The molecule has 1 amide bonds. The number of fused-ring (bicyclic) bond motifs is 1. The summed E-state index contributed by atoms with van der Waals surface area (Å²) >= 11 is 0. The molecule has 0 bridgehead atoms.